The Balaban J connectivity index is 1.84. The van der Waals surface area contributed by atoms with Crippen molar-refractivity contribution < 1.29 is 34.9 Å². The minimum atomic E-state index is -1.64. The third-order valence-electron chi connectivity index (χ3n) is 4.35. The molecule has 150 valence electrons. The molecule has 0 spiro atoms. The minimum Gasteiger partial charge on any atom is -0.394 e. The van der Waals surface area contributed by atoms with E-state index in [4.69, 9.17) is 17.0 Å². The van der Waals surface area contributed by atoms with Gasteiger partial charge in [-0.3, -0.25) is 19.8 Å². The van der Waals surface area contributed by atoms with Gasteiger partial charge in [0.1, 0.15) is 24.4 Å². The van der Waals surface area contributed by atoms with E-state index < -0.39 is 48.1 Å². The Morgan fingerprint density at radius 3 is 2.43 bits per heavy atom. The quantitative estimate of drug-likeness (QED) is 0.215. The van der Waals surface area contributed by atoms with Crippen LogP contribution in [0.3, 0.4) is 0 Å². The van der Waals surface area contributed by atoms with Crippen LogP contribution in [0.1, 0.15) is 5.56 Å². The van der Waals surface area contributed by atoms with E-state index in [1.165, 1.54) is 30.3 Å². The van der Waals surface area contributed by atoms with Crippen LogP contribution in [-0.4, -0.2) is 77.7 Å². The van der Waals surface area contributed by atoms with E-state index in [-0.39, 0.29) is 14.9 Å². The third-order valence-corrected chi connectivity index (χ3v) is 5.68. The van der Waals surface area contributed by atoms with Gasteiger partial charge in [0.05, 0.1) is 16.4 Å². The largest absolute Gasteiger partial charge is 0.394 e. The minimum absolute atomic E-state index is 0.0579. The highest BCUT2D eigenvalue weighted by atomic mass is 32.2. The molecule has 28 heavy (non-hydrogen) atoms. The number of nitro groups is 1. The Hall–Kier alpha value is -1.93. The van der Waals surface area contributed by atoms with Crippen molar-refractivity contribution in [3.8, 4) is 0 Å². The summed E-state index contributed by atoms with van der Waals surface area (Å²) in [6.07, 6.45) is -5.91. The molecule has 1 amide bonds. The number of nitro benzene ring substituents is 1. The predicted molar refractivity (Wildman–Crippen MR) is 102 cm³/mol. The first-order valence-electron chi connectivity index (χ1n) is 8.06. The van der Waals surface area contributed by atoms with Gasteiger partial charge in [-0.2, -0.15) is 0 Å². The van der Waals surface area contributed by atoms with Gasteiger partial charge in [0, 0.05) is 12.1 Å². The second-order valence-corrected chi connectivity index (χ2v) is 7.80. The van der Waals surface area contributed by atoms with Gasteiger partial charge in [-0.05, 0) is 23.8 Å². The number of ether oxygens (including phenoxy) is 1. The van der Waals surface area contributed by atoms with Gasteiger partial charge in [0.25, 0.3) is 11.6 Å². The fraction of sp³-hybridized carbons (Fsp3) is 0.375. The second kappa shape index (κ2) is 8.21. The van der Waals surface area contributed by atoms with E-state index in [0.29, 0.717) is 5.56 Å². The zero-order valence-corrected chi connectivity index (χ0v) is 15.7. The smallest absolute Gasteiger partial charge is 0.269 e. The first-order chi connectivity index (χ1) is 13.2. The normalized spacial score (nSPS) is 32.2. The molecule has 5 atom stereocenters. The molecule has 2 saturated heterocycles. The molecule has 12 heteroatoms. The lowest BCUT2D eigenvalue weighted by molar-refractivity contribution is -0.384. The molecule has 10 nitrogen and oxygen atoms in total. The van der Waals surface area contributed by atoms with E-state index in [1.807, 2.05) is 0 Å². The number of thiocarbonyl (C=S) groups is 1. The van der Waals surface area contributed by atoms with E-state index in [1.54, 1.807) is 0 Å². The Morgan fingerprint density at radius 1 is 1.21 bits per heavy atom. The molecule has 0 unspecified atom stereocenters. The zero-order valence-electron chi connectivity index (χ0n) is 14.1. The summed E-state index contributed by atoms with van der Waals surface area (Å²) >= 11 is 6.11. The molecule has 0 radical (unpaired) electrons. The Morgan fingerprint density at radius 2 is 1.86 bits per heavy atom. The summed E-state index contributed by atoms with van der Waals surface area (Å²) in [5, 5.41) is 50.0. The van der Waals surface area contributed by atoms with E-state index in [0.717, 1.165) is 16.7 Å². The lowest BCUT2D eigenvalue weighted by Gasteiger charge is -2.42. The van der Waals surface area contributed by atoms with Gasteiger partial charge in [-0.15, -0.1) is 0 Å². The van der Waals surface area contributed by atoms with E-state index in [2.05, 4.69) is 0 Å². The maximum absolute atomic E-state index is 12.8. The molecule has 0 aromatic heterocycles. The molecular formula is C16H16N2O8S2. The summed E-state index contributed by atoms with van der Waals surface area (Å²) in [7, 11) is 0. The van der Waals surface area contributed by atoms with Gasteiger partial charge < -0.3 is 25.2 Å². The summed E-state index contributed by atoms with van der Waals surface area (Å²) in [6, 6.07) is 5.53. The van der Waals surface area contributed by atoms with E-state index >= 15 is 0 Å². The van der Waals surface area contributed by atoms with Crippen molar-refractivity contribution in [1.82, 2.24) is 4.90 Å². The number of nitrogens with zero attached hydrogens (tertiary/aromatic N) is 2. The first kappa shape index (κ1) is 20.8. The number of thioether (sulfide) groups is 1. The average Bonchev–Trinajstić information content (AvgIpc) is 2.94. The molecule has 2 aliphatic rings. The third kappa shape index (κ3) is 3.80. The number of carbonyl (C=O) groups excluding carboxylic acids is 1. The lowest BCUT2D eigenvalue weighted by Crippen LogP contribution is -2.63. The molecule has 4 N–H and O–H groups in total. The highest BCUT2D eigenvalue weighted by molar-refractivity contribution is 8.26. The number of benzene rings is 1. The Labute approximate surface area is 168 Å². The number of aliphatic hydroxyl groups is 4. The van der Waals surface area contributed by atoms with Gasteiger partial charge >= 0.3 is 0 Å². The zero-order chi connectivity index (χ0) is 20.6. The molecule has 2 aliphatic heterocycles. The SMILES string of the molecule is O=C1/C(=C/c2ccc([N+](=O)[O-])cc2)SC(=S)N1[C@H]1O[C@@H](CO)[C@@H](O)[C@@H](O)[C@H]1O. The van der Waals surface area contributed by atoms with Crippen LogP contribution in [0.15, 0.2) is 29.2 Å². The average molecular weight is 428 g/mol. The van der Waals surface area contributed by atoms with Crippen molar-refractivity contribution in [2.75, 3.05) is 6.61 Å². The molecule has 3 rings (SSSR count). The van der Waals surface area contributed by atoms with Crippen molar-refractivity contribution in [2.45, 2.75) is 30.6 Å². The summed E-state index contributed by atoms with van der Waals surface area (Å²) < 4.78 is 5.45. The molecular weight excluding hydrogens is 412 g/mol. The maximum Gasteiger partial charge on any atom is 0.269 e. The van der Waals surface area contributed by atoms with Crippen molar-refractivity contribution in [2.24, 2.45) is 0 Å². The second-order valence-electron chi connectivity index (χ2n) is 6.12. The maximum atomic E-state index is 12.8. The molecule has 1 aromatic rings. The topological polar surface area (TPSA) is 154 Å². The molecule has 0 saturated carbocycles. The lowest BCUT2D eigenvalue weighted by atomic mass is 9.98. The van der Waals surface area contributed by atoms with Crippen LogP contribution in [0.2, 0.25) is 0 Å². The van der Waals surface area contributed by atoms with Crippen LogP contribution < -0.4 is 0 Å². The standard InChI is InChI=1S/C16H16N2O8S2/c19-6-9-11(20)12(21)13(22)15(26-9)17-14(23)10(28-16(17)27)5-7-1-3-8(4-2-7)18(24)25/h1-5,9,11-13,15,19-22H,6H2/b10-5-/t9-,11+,12+,13+,15-/m0/s1. The Kier molecular flexibility index (Phi) is 6.09. The molecule has 1 aromatic carbocycles. The van der Waals surface area contributed by atoms with E-state index in [9.17, 15) is 35.3 Å². The van der Waals surface area contributed by atoms with Crippen LogP contribution in [-0.2, 0) is 9.53 Å². The van der Waals surface area contributed by atoms with Crippen molar-refractivity contribution in [3.05, 3.63) is 44.8 Å². The molecule has 2 heterocycles. The van der Waals surface area contributed by atoms with Crippen LogP contribution in [0.25, 0.3) is 6.08 Å². The number of rotatable bonds is 4. The van der Waals surface area contributed by atoms with Crippen LogP contribution in [0.4, 0.5) is 5.69 Å². The van der Waals surface area contributed by atoms with Crippen LogP contribution >= 0.6 is 24.0 Å². The Bertz CT molecular complexity index is 828. The summed E-state index contributed by atoms with van der Waals surface area (Å²) in [6.45, 7) is -0.630. The highest BCUT2D eigenvalue weighted by Gasteiger charge is 2.50. The fourth-order valence-electron chi connectivity index (χ4n) is 2.84. The summed E-state index contributed by atoms with van der Waals surface area (Å²) in [5.41, 5.74) is 0.436. The van der Waals surface area contributed by atoms with Gasteiger partial charge in [-0.1, -0.05) is 24.0 Å². The van der Waals surface area contributed by atoms with Gasteiger partial charge in [0.15, 0.2) is 10.5 Å². The summed E-state index contributed by atoms with van der Waals surface area (Å²) in [5.74, 6) is -0.599. The predicted octanol–water partition coefficient (Wildman–Crippen LogP) is -0.404. The fourth-order valence-corrected chi connectivity index (χ4v) is 4.15. The van der Waals surface area contributed by atoms with Crippen molar-refractivity contribution in [1.29, 1.82) is 0 Å². The number of hydrogen-bond donors (Lipinski definition) is 4. The van der Waals surface area contributed by atoms with Gasteiger partial charge in [-0.25, -0.2) is 0 Å². The number of amides is 1. The van der Waals surface area contributed by atoms with Crippen LogP contribution in [0.5, 0.6) is 0 Å². The molecule has 2 fully saturated rings. The number of carbonyl (C=O) groups is 1. The molecule has 0 bridgehead atoms. The molecule has 0 aliphatic carbocycles. The van der Waals surface area contributed by atoms with Crippen molar-refractivity contribution in [3.63, 3.8) is 0 Å². The number of non-ortho nitro benzene ring substituents is 1. The summed E-state index contributed by atoms with van der Waals surface area (Å²) in [4.78, 5) is 24.1. The first-order valence-corrected chi connectivity index (χ1v) is 9.29. The van der Waals surface area contributed by atoms with Crippen molar-refractivity contribution >= 4 is 46.0 Å². The highest BCUT2D eigenvalue weighted by Crippen LogP contribution is 2.37. The number of aliphatic hydroxyl groups excluding tert-OH is 4. The monoisotopic (exact) mass is 428 g/mol. The van der Waals surface area contributed by atoms with Crippen LogP contribution in [0, 0.1) is 10.1 Å². The van der Waals surface area contributed by atoms with Gasteiger partial charge in [0.2, 0.25) is 0 Å². The number of hydrogen-bond acceptors (Lipinski definition) is 10.